The van der Waals surface area contributed by atoms with Gasteiger partial charge < -0.3 is 38.0 Å². The molecule has 4 aliphatic rings. The summed E-state index contributed by atoms with van der Waals surface area (Å²) in [5.41, 5.74) is 18.8. The van der Waals surface area contributed by atoms with Gasteiger partial charge in [-0.05, 0) is 123 Å². The highest BCUT2D eigenvalue weighted by molar-refractivity contribution is 5.71. The minimum absolute atomic E-state index is 0.141. The molecule has 0 atom stereocenters. The van der Waals surface area contributed by atoms with Crippen molar-refractivity contribution < 1.29 is 4.74 Å². The second-order valence-electron chi connectivity index (χ2n) is 24.4. The Bertz CT molecular complexity index is 3850. The Morgan fingerprint density at radius 1 is 0.476 bits per heavy atom. The summed E-state index contributed by atoms with van der Waals surface area (Å²) in [5.74, 6) is 6.41. The van der Waals surface area contributed by atoms with Crippen LogP contribution in [0.5, 0.6) is 5.75 Å². The van der Waals surface area contributed by atoms with Crippen LogP contribution < -0.4 is 24.3 Å². The van der Waals surface area contributed by atoms with Crippen LogP contribution in [0.2, 0.25) is 0 Å². The molecule has 11 heterocycles. The smallest absolute Gasteiger partial charge is 0.134 e. The van der Waals surface area contributed by atoms with E-state index >= 15 is 0 Å². The Balaban J connectivity index is 0.880. The first-order valence-electron chi connectivity index (χ1n) is 30.6. The lowest BCUT2D eigenvalue weighted by molar-refractivity contribution is 0.414. The number of hydrogen-bond acceptors (Lipinski definition) is 13. The quantitative estimate of drug-likeness (QED) is 0.0963. The first-order valence-corrected chi connectivity index (χ1v) is 30.6. The van der Waals surface area contributed by atoms with Crippen LogP contribution in [-0.2, 0) is 52.1 Å². The van der Waals surface area contributed by atoms with E-state index in [1.54, 1.807) is 13.4 Å². The van der Waals surface area contributed by atoms with Crippen molar-refractivity contribution in [3.8, 4) is 39.5 Å². The number of rotatable bonds is 15. The maximum atomic E-state index is 5.77. The van der Waals surface area contributed by atoms with Crippen molar-refractivity contribution in [3.05, 3.63) is 172 Å². The molecule has 16 nitrogen and oxygen atoms in total. The second kappa shape index (κ2) is 23.0. The summed E-state index contributed by atoms with van der Waals surface area (Å²) in [5, 5.41) is 0. The van der Waals surface area contributed by atoms with E-state index in [2.05, 4.69) is 162 Å². The van der Waals surface area contributed by atoms with Gasteiger partial charge in [-0.1, -0.05) is 59.2 Å². The first-order chi connectivity index (χ1) is 40.8. The largest absolute Gasteiger partial charge is 0.497 e. The van der Waals surface area contributed by atoms with Crippen molar-refractivity contribution in [2.75, 3.05) is 59.4 Å². The van der Waals surface area contributed by atoms with Gasteiger partial charge in [-0.15, -0.1) is 0 Å². The fourth-order valence-electron chi connectivity index (χ4n) is 13.3. The van der Waals surface area contributed by atoms with Crippen molar-refractivity contribution in [2.24, 2.45) is 0 Å². The van der Waals surface area contributed by atoms with Gasteiger partial charge in [0.2, 0.25) is 0 Å². The number of pyridine rings is 3. The van der Waals surface area contributed by atoms with Crippen LogP contribution >= 0.6 is 0 Å². The fraction of sp³-hybridized carbons (Fsp3) is 0.412. The van der Waals surface area contributed by atoms with Gasteiger partial charge in [0.05, 0.1) is 78.0 Å². The Morgan fingerprint density at radius 2 is 1.04 bits per heavy atom. The Hall–Kier alpha value is -8.40. The second-order valence-corrected chi connectivity index (χ2v) is 24.4. The number of imidazole rings is 3. The number of fused-ring (bicyclic) bond motifs is 3. The molecule has 16 heteroatoms. The lowest BCUT2D eigenvalue weighted by Crippen LogP contribution is -2.35. The molecule has 13 rings (SSSR count). The highest BCUT2D eigenvalue weighted by Crippen LogP contribution is 2.40. The predicted molar refractivity (Wildman–Crippen MR) is 334 cm³/mol. The first kappa shape index (κ1) is 54.8. The predicted octanol–water partition coefficient (Wildman–Crippen LogP) is 12.5. The Kier molecular flexibility index (Phi) is 15.0. The van der Waals surface area contributed by atoms with Gasteiger partial charge >= 0.3 is 0 Å². The van der Waals surface area contributed by atoms with Gasteiger partial charge in [0, 0.05) is 117 Å². The summed E-state index contributed by atoms with van der Waals surface area (Å²) in [6.45, 7) is 26.9. The van der Waals surface area contributed by atoms with Crippen molar-refractivity contribution in [1.29, 1.82) is 0 Å². The molecule has 0 spiro atoms. The molecule has 1 fully saturated rings. The molecule has 9 aromatic rings. The Morgan fingerprint density at radius 3 is 1.70 bits per heavy atom. The third-order valence-electron chi connectivity index (χ3n) is 17.8. The molecule has 0 amide bonds. The number of piperidine rings is 1. The minimum Gasteiger partial charge on any atom is -0.497 e. The van der Waals surface area contributed by atoms with E-state index in [-0.39, 0.29) is 17.8 Å². The molecule has 0 radical (unpaired) electrons. The summed E-state index contributed by atoms with van der Waals surface area (Å²) in [6.07, 6.45) is 10.6. The van der Waals surface area contributed by atoms with Gasteiger partial charge in [0.25, 0.3) is 0 Å². The summed E-state index contributed by atoms with van der Waals surface area (Å²) < 4.78 is 12.9. The number of methoxy groups -OCH3 is 1. The molecule has 432 valence electrons. The molecule has 0 aliphatic carbocycles. The van der Waals surface area contributed by atoms with Crippen LogP contribution in [0.4, 0.5) is 23.0 Å². The molecule has 1 saturated heterocycles. The van der Waals surface area contributed by atoms with E-state index in [9.17, 15) is 0 Å². The summed E-state index contributed by atoms with van der Waals surface area (Å²) >= 11 is 0. The third-order valence-corrected chi connectivity index (χ3v) is 17.8. The Labute approximate surface area is 494 Å². The molecule has 0 N–H and O–H groups in total. The van der Waals surface area contributed by atoms with E-state index in [1.165, 1.54) is 41.9 Å². The standard InChI is InChI=1S/C68H79N15O/c1-43(2)63-53(14-13-25-69-63)67-57-40-79(51-20-22-52(84-9)23-21-51)29-32-82(57)61(75-67)35-48-34-55(64(44(3)4)70-38-48)68-58-41-80(60-37-59(71-42-72-60)77-26-11-10-12-27-77)30-33-83(58)62(76-68)36-49-17-24-54(65(74-49)45(5)6)66-56-39-78(28-31-81(56)47(8)73-66)50-18-15-46(7)16-19-50/h13-25,34,37-38,42-45H,10-12,26-33,35-36,39-41H2,1-9H3. The molecule has 0 unspecified atom stereocenters. The van der Waals surface area contributed by atoms with E-state index in [1.807, 2.05) is 24.4 Å². The van der Waals surface area contributed by atoms with Crippen molar-refractivity contribution in [1.82, 2.24) is 53.6 Å². The molecular weight excluding hydrogens is 1040 g/mol. The summed E-state index contributed by atoms with van der Waals surface area (Å²) in [6, 6.07) is 30.6. The van der Waals surface area contributed by atoms with Gasteiger partial charge in [-0.3, -0.25) is 15.0 Å². The monoisotopic (exact) mass is 1120 g/mol. The topological polar surface area (TPSA) is 140 Å². The van der Waals surface area contributed by atoms with Gasteiger partial charge in [0.15, 0.2) is 0 Å². The number of hydrogen-bond donors (Lipinski definition) is 0. The third kappa shape index (κ3) is 10.6. The number of anilines is 4. The van der Waals surface area contributed by atoms with E-state index in [4.69, 9.17) is 44.6 Å². The van der Waals surface area contributed by atoms with Gasteiger partial charge in [0.1, 0.15) is 41.2 Å². The lowest BCUT2D eigenvalue weighted by Gasteiger charge is -2.32. The normalized spacial score (nSPS) is 15.3. The summed E-state index contributed by atoms with van der Waals surface area (Å²) in [4.78, 5) is 52.0. The number of benzene rings is 2. The number of ether oxygens (including phenoxy) is 1. The molecule has 2 aromatic carbocycles. The highest BCUT2D eigenvalue weighted by atomic mass is 16.5. The average Bonchev–Trinajstić information content (AvgIpc) is 2.67. The van der Waals surface area contributed by atoms with E-state index < -0.39 is 0 Å². The maximum Gasteiger partial charge on any atom is 0.134 e. The van der Waals surface area contributed by atoms with Crippen LogP contribution in [0, 0.1) is 13.8 Å². The zero-order valence-electron chi connectivity index (χ0n) is 50.5. The molecule has 0 bridgehead atoms. The molecular formula is C68H79N15O. The lowest BCUT2D eigenvalue weighted by atomic mass is 9.97. The van der Waals surface area contributed by atoms with Crippen LogP contribution in [0.1, 0.15) is 147 Å². The zero-order chi connectivity index (χ0) is 57.8. The molecule has 4 aliphatic heterocycles. The van der Waals surface area contributed by atoms with Gasteiger partial charge in [-0.25, -0.2) is 24.9 Å². The van der Waals surface area contributed by atoms with Crippen molar-refractivity contribution in [2.45, 2.75) is 145 Å². The molecule has 7 aromatic heterocycles. The number of aryl methyl sites for hydroxylation is 2. The minimum atomic E-state index is 0.141. The molecule has 84 heavy (non-hydrogen) atoms. The van der Waals surface area contributed by atoms with Crippen LogP contribution in [0.15, 0.2) is 104 Å². The number of aromatic nitrogens is 11. The van der Waals surface area contributed by atoms with E-state index in [0.717, 1.165) is 174 Å². The van der Waals surface area contributed by atoms with Crippen LogP contribution in [0.3, 0.4) is 0 Å². The highest BCUT2D eigenvalue weighted by Gasteiger charge is 2.32. The summed E-state index contributed by atoms with van der Waals surface area (Å²) in [7, 11) is 1.72. The van der Waals surface area contributed by atoms with Crippen LogP contribution in [0.25, 0.3) is 33.8 Å². The fourth-order valence-corrected chi connectivity index (χ4v) is 13.3. The van der Waals surface area contributed by atoms with Crippen molar-refractivity contribution >= 4 is 23.0 Å². The van der Waals surface area contributed by atoms with E-state index in [0.29, 0.717) is 19.4 Å². The SMILES string of the molecule is COc1ccc(N2CCn3c(Cc4cnc(C(C)C)c(-c5nc(Cc6ccc(-c7nc(C)n8c7CN(c7ccc(C)cc7)CC8)c(C(C)C)n6)n6c5CN(c5cc(N7CCCCC7)ncn5)CC6)c4)nc(-c4cccnc4C(C)C)c3C2)cc1. The van der Waals surface area contributed by atoms with Crippen molar-refractivity contribution in [3.63, 3.8) is 0 Å². The van der Waals surface area contributed by atoms with Gasteiger partial charge in [-0.2, -0.15) is 0 Å². The molecule has 0 saturated carbocycles. The zero-order valence-corrected chi connectivity index (χ0v) is 50.5. The maximum absolute atomic E-state index is 5.77. The van der Waals surface area contributed by atoms with Crippen LogP contribution in [-0.4, -0.2) is 93.4 Å². The number of nitrogens with zero attached hydrogens (tertiary/aromatic N) is 15. The average molecular weight is 1120 g/mol.